The number of nitrogens with one attached hydrogen (secondary N) is 2. The molecule has 1 rings (SSSR count). The molecule has 1 aromatic rings. The second kappa shape index (κ2) is 6.34. The Morgan fingerprint density at radius 1 is 1.35 bits per heavy atom. The van der Waals surface area contributed by atoms with E-state index < -0.39 is 15.4 Å². The molecule has 7 heteroatoms. The summed E-state index contributed by atoms with van der Waals surface area (Å²) in [6.45, 7) is 3.80. The lowest BCUT2D eigenvalue weighted by Crippen LogP contribution is -2.39. The highest BCUT2D eigenvalue weighted by Gasteiger charge is 2.30. The second-order valence-corrected chi connectivity index (χ2v) is 6.63. The topological polar surface area (TPSA) is 101 Å². The molecule has 1 amide bonds. The van der Waals surface area contributed by atoms with E-state index in [1.54, 1.807) is 25.1 Å². The molecular formula is C13H21N3O3S. The van der Waals surface area contributed by atoms with Gasteiger partial charge in [-0.15, -0.1) is 0 Å². The summed E-state index contributed by atoms with van der Waals surface area (Å²) < 4.78 is 26.0. The van der Waals surface area contributed by atoms with Crippen LogP contribution in [0.4, 0.5) is 5.69 Å². The standard InChI is InChI=1S/C13H21N3O3S/c1-4-13(2,9-14)12(17)16-10-7-5-6-8-11(10)20(18,19)15-3/h5-8,15H,4,9,14H2,1-3H3,(H,16,17). The maximum Gasteiger partial charge on any atom is 0.242 e. The molecule has 1 atom stereocenters. The van der Waals surface area contributed by atoms with Crippen LogP contribution in [-0.4, -0.2) is 27.9 Å². The van der Waals surface area contributed by atoms with Crippen LogP contribution >= 0.6 is 0 Å². The van der Waals surface area contributed by atoms with Crippen LogP contribution in [0.3, 0.4) is 0 Å². The smallest absolute Gasteiger partial charge is 0.242 e. The van der Waals surface area contributed by atoms with Gasteiger partial charge in [-0.1, -0.05) is 19.1 Å². The van der Waals surface area contributed by atoms with Crippen molar-refractivity contribution in [1.82, 2.24) is 4.72 Å². The first kappa shape index (κ1) is 16.6. The fourth-order valence-electron chi connectivity index (χ4n) is 1.58. The van der Waals surface area contributed by atoms with Crippen molar-refractivity contribution in [2.75, 3.05) is 18.9 Å². The number of carbonyl (C=O) groups is 1. The van der Waals surface area contributed by atoms with Gasteiger partial charge in [-0.2, -0.15) is 0 Å². The summed E-state index contributed by atoms with van der Waals surface area (Å²) in [4.78, 5) is 12.3. The van der Waals surface area contributed by atoms with Crippen molar-refractivity contribution < 1.29 is 13.2 Å². The number of rotatable bonds is 6. The highest BCUT2D eigenvalue weighted by Crippen LogP contribution is 2.25. The molecule has 4 N–H and O–H groups in total. The molecule has 6 nitrogen and oxygen atoms in total. The van der Waals surface area contributed by atoms with Gasteiger partial charge in [0, 0.05) is 6.54 Å². The molecule has 1 aromatic carbocycles. The summed E-state index contributed by atoms with van der Waals surface area (Å²) in [7, 11) is -2.31. The van der Waals surface area contributed by atoms with E-state index in [-0.39, 0.29) is 23.0 Å². The van der Waals surface area contributed by atoms with E-state index in [9.17, 15) is 13.2 Å². The van der Waals surface area contributed by atoms with E-state index in [0.717, 1.165) is 0 Å². The molecule has 20 heavy (non-hydrogen) atoms. The Labute approximate surface area is 119 Å². The third-order valence-corrected chi connectivity index (χ3v) is 4.95. The van der Waals surface area contributed by atoms with E-state index in [1.807, 2.05) is 6.92 Å². The Bertz CT molecular complexity index is 580. The molecule has 112 valence electrons. The summed E-state index contributed by atoms with van der Waals surface area (Å²) in [5.74, 6) is -0.291. The summed E-state index contributed by atoms with van der Waals surface area (Å²) in [6, 6.07) is 6.25. The van der Waals surface area contributed by atoms with Crippen LogP contribution in [0.5, 0.6) is 0 Å². The molecule has 0 saturated carbocycles. The Morgan fingerprint density at radius 3 is 2.45 bits per heavy atom. The van der Waals surface area contributed by atoms with Crippen LogP contribution in [0.2, 0.25) is 0 Å². The Balaban J connectivity index is 3.15. The maximum absolute atomic E-state index is 12.3. The number of para-hydroxylation sites is 1. The molecule has 0 aromatic heterocycles. The van der Waals surface area contributed by atoms with Gasteiger partial charge in [0.15, 0.2) is 0 Å². The minimum Gasteiger partial charge on any atom is -0.329 e. The summed E-state index contributed by atoms with van der Waals surface area (Å²) in [5.41, 5.74) is 5.16. The van der Waals surface area contributed by atoms with Gasteiger partial charge in [-0.3, -0.25) is 4.79 Å². The van der Waals surface area contributed by atoms with E-state index in [0.29, 0.717) is 6.42 Å². The van der Waals surface area contributed by atoms with Crippen molar-refractivity contribution in [3.8, 4) is 0 Å². The van der Waals surface area contributed by atoms with Crippen molar-refractivity contribution in [2.24, 2.45) is 11.1 Å². The number of nitrogens with two attached hydrogens (primary N) is 1. The highest BCUT2D eigenvalue weighted by molar-refractivity contribution is 7.89. The van der Waals surface area contributed by atoms with E-state index in [4.69, 9.17) is 5.73 Å². The lowest BCUT2D eigenvalue weighted by atomic mass is 9.86. The Kier molecular flexibility index (Phi) is 5.27. The first-order valence-electron chi connectivity index (χ1n) is 6.35. The molecule has 0 spiro atoms. The third kappa shape index (κ3) is 3.36. The number of benzene rings is 1. The van der Waals surface area contributed by atoms with Gasteiger partial charge >= 0.3 is 0 Å². The number of anilines is 1. The molecular weight excluding hydrogens is 278 g/mol. The van der Waals surface area contributed by atoms with Gasteiger partial charge in [0.1, 0.15) is 4.90 Å². The van der Waals surface area contributed by atoms with Crippen LogP contribution in [0.25, 0.3) is 0 Å². The van der Waals surface area contributed by atoms with Gasteiger partial charge in [-0.05, 0) is 32.5 Å². The lowest BCUT2D eigenvalue weighted by molar-refractivity contribution is -0.124. The van der Waals surface area contributed by atoms with Gasteiger partial charge in [0.25, 0.3) is 0 Å². The largest absolute Gasteiger partial charge is 0.329 e. The lowest BCUT2D eigenvalue weighted by Gasteiger charge is -2.25. The van der Waals surface area contributed by atoms with E-state index >= 15 is 0 Å². The predicted molar refractivity (Wildman–Crippen MR) is 78.8 cm³/mol. The van der Waals surface area contributed by atoms with Gasteiger partial charge in [-0.25, -0.2) is 13.1 Å². The zero-order valence-corrected chi connectivity index (χ0v) is 12.8. The Hall–Kier alpha value is -1.44. The molecule has 0 bridgehead atoms. The maximum atomic E-state index is 12.3. The molecule has 0 aliphatic heterocycles. The van der Waals surface area contributed by atoms with Gasteiger partial charge < -0.3 is 11.1 Å². The van der Waals surface area contributed by atoms with E-state index in [2.05, 4.69) is 10.0 Å². The molecule has 0 fully saturated rings. The normalized spacial score (nSPS) is 14.6. The molecule has 0 aliphatic carbocycles. The first-order valence-corrected chi connectivity index (χ1v) is 7.83. The van der Waals surface area contributed by atoms with Crippen LogP contribution < -0.4 is 15.8 Å². The highest BCUT2D eigenvalue weighted by atomic mass is 32.2. The molecule has 0 aliphatic rings. The number of hydrogen-bond donors (Lipinski definition) is 3. The minimum absolute atomic E-state index is 0.0336. The van der Waals surface area contributed by atoms with Crippen LogP contribution in [0, 0.1) is 5.41 Å². The number of carbonyl (C=O) groups excluding carboxylic acids is 1. The molecule has 1 unspecified atom stereocenters. The monoisotopic (exact) mass is 299 g/mol. The van der Waals surface area contributed by atoms with Crippen molar-refractivity contribution >= 4 is 21.6 Å². The quantitative estimate of drug-likeness (QED) is 0.726. The van der Waals surface area contributed by atoms with Crippen LogP contribution in [-0.2, 0) is 14.8 Å². The molecule has 0 saturated heterocycles. The van der Waals surface area contributed by atoms with Crippen molar-refractivity contribution in [3.05, 3.63) is 24.3 Å². The minimum atomic E-state index is -3.63. The number of sulfonamides is 1. The zero-order valence-electron chi connectivity index (χ0n) is 11.9. The second-order valence-electron chi connectivity index (χ2n) is 4.78. The zero-order chi connectivity index (χ0) is 15.4. The number of amides is 1. The average Bonchev–Trinajstić information content (AvgIpc) is 2.46. The van der Waals surface area contributed by atoms with Crippen LogP contribution in [0.15, 0.2) is 29.2 Å². The van der Waals surface area contributed by atoms with Crippen LogP contribution in [0.1, 0.15) is 20.3 Å². The summed E-state index contributed by atoms with van der Waals surface area (Å²) in [5, 5.41) is 2.66. The first-order chi connectivity index (χ1) is 9.30. The fourth-order valence-corrected chi connectivity index (χ4v) is 2.47. The average molecular weight is 299 g/mol. The van der Waals surface area contributed by atoms with Crippen molar-refractivity contribution in [2.45, 2.75) is 25.2 Å². The molecule has 0 radical (unpaired) electrons. The number of hydrogen-bond acceptors (Lipinski definition) is 4. The fraction of sp³-hybridized carbons (Fsp3) is 0.462. The SMILES string of the molecule is CCC(C)(CN)C(=O)Nc1ccccc1S(=O)(=O)NC. The van der Waals surface area contributed by atoms with E-state index in [1.165, 1.54) is 13.1 Å². The van der Waals surface area contributed by atoms with Gasteiger partial charge in [0.05, 0.1) is 11.1 Å². The van der Waals surface area contributed by atoms with Crippen molar-refractivity contribution in [1.29, 1.82) is 0 Å². The van der Waals surface area contributed by atoms with Gasteiger partial charge in [0.2, 0.25) is 15.9 Å². The van der Waals surface area contributed by atoms with Crippen molar-refractivity contribution in [3.63, 3.8) is 0 Å². The molecule has 0 heterocycles. The summed E-state index contributed by atoms with van der Waals surface area (Å²) >= 11 is 0. The third-order valence-electron chi connectivity index (χ3n) is 3.47. The Morgan fingerprint density at radius 2 is 1.95 bits per heavy atom. The predicted octanol–water partition coefficient (Wildman–Crippen LogP) is 0.908. The summed E-state index contributed by atoms with van der Waals surface area (Å²) in [6.07, 6.45) is 0.566.